The molecule has 118 valence electrons. The zero-order valence-corrected chi connectivity index (χ0v) is 12.5. The smallest absolute Gasteiger partial charge is 0.315 e. The number of hydrogen-bond acceptors (Lipinski definition) is 3. The normalized spacial score (nSPS) is 24.3. The van der Waals surface area contributed by atoms with E-state index in [-0.39, 0.29) is 17.5 Å². The molecule has 22 heavy (non-hydrogen) atoms. The SMILES string of the molecule is O=c1[nH]c2ccc(F)cc2n1C1CCN([C@@H]2CCNC2)CC1. The molecule has 0 radical (unpaired) electrons. The molecular formula is C16H21FN4O. The van der Waals surface area contributed by atoms with Crippen molar-refractivity contribution in [3.05, 3.63) is 34.5 Å². The molecule has 0 aliphatic carbocycles. The van der Waals surface area contributed by atoms with Gasteiger partial charge in [0.15, 0.2) is 0 Å². The number of H-pyrrole nitrogens is 1. The second-order valence-corrected chi connectivity index (χ2v) is 6.38. The highest BCUT2D eigenvalue weighted by atomic mass is 19.1. The second kappa shape index (κ2) is 5.52. The van der Waals surface area contributed by atoms with E-state index in [0.717, 1.165) is 39.0 Å². The monoisotopic (exact) mass is 304 g/mol. The van der Waals surface area contributed by atoms with Gasteiger partial charge >= 0.3 is 5.69 Å². The number of imidazole rings is 1. The summed E-state index contributed by atoms with van der Waals surface area (Å²) in [4.78, 5) is 17.6. The van der Waals surface area contributed by atoms with Crippen LogP contribution in [0.25, 0.3) is 11.0 Å². The first-order chi connectivity index (χ1) is 10.7. The summed E-state index contributed by atoms with van der Waals surface area (Å²) in [6.45, 7) is 4.19. The van der Waals surface area contributed by atoms with Crippen molar-refractivity contribution in [1.29, 1.82) is 0 Å². The molecule has 0 unspecified atom stereocenters. The fraction of sp³-hybridized carbons (Fsp3) is 0.562. The third-order valence-electron chi connectivity index (χ3n) is 5.09. The Labute approximate surface area is 128 Å². The average Bonchev–Trinajstić information content (AvgIpc) is 3.14. The van der Waals surface area contributed by atoms with E-state index in [0.29, 0.717) is 17.1 Å². The van der Waals surface area contributed by atoms with Crippen molar-refractivity contribution in [1.82, 2.24) is 19.8 Å². The number of nitrogens with zero attached hydrogens (tertiary/aromatic N) is 2. The van der Waals surface area contributed by atoms with Gasteiger partial charge in [0, 0.05) is 31.7 Å². The Kier molecular flexibility index (Phi) is 3.50. The van der Waals surface area contributed by atoms with Gasteiger partial charge in [-0.25, -0.2) is 9.18 Å². The molecule has 6 heteroatoms. The fourth-order valence-corrected chi connectivity index (χ4v) is 3.92. The zero-order chi connectivity index (χ0) is 15.1. The van der Waals surface area contributed by atoms with E-state index in [1.165, 1.54) is 18.6 Å². The van der Waals surface area contributed by atoms with E-state index in [1.807, 2.05) is 0 Å². The molecule has 4 rings (SSSR count). The maximum absolute atomic E-state index is 13.5. The van der Waals surface area contributed by atoms with E-state index in [2.05, 4.69) is 15.2 Å². The van der Waals surface area contributed by atoms with Gasteiger partial charge in [-0.1, -0.05) is 0 Å². The maximum Gasteiger partial charge on any atom is 0.326 e. The van der Waals surface area contributed by atoms with E-state index in [9.17, 15) is 9.18 Å². The molecule has 0 amide bonds. The average molecular weight is 304 g/mol. The number of benzene rings is 1. The van der Waals surface area contributed by atoms with Crippen LogP contribution < -0.4 is 11.0 Å². The van der Waals surface area contributed by atoms with Crippen molar-refractivity contribution in [3.8, 4) is 0 Å². The molecule has 1 aromatic heterocycles. The lowest BCUT2D eigenvalue weighted by Crippen LogP contribution is -2.43. The number of halogens is 1. The quantitative estimate of drug-likeness (QED) is 0.883. The molecule has 2 saturated heterocycles. The summed E-state index contributed by atoms with van der Waals surface area (Å²) in [6, 6.07) is 5.28. The Morgan fingerprint density at radius 1 is 1.14 bits per heavy atom. The highest BCUT2D eigenvalue weighted by Gasteiger charge is 2.28. The predicted molar refractivity (Wildman–Crippen MR) is 83.6 cm³/mol. The minimum Gasteiger partial charge on any atom is -0.315 e. The topological polar surface area (TPSA) is 53.1 Å². The highest BCUT2D eigenvalue weighted by molar-refractivity contribution is 5.75. The van der Waals surface area contributed by atoms with E-state index >= 15 is 0 Å². The molecule has 2 aliphatic heterocycles. The third-order valence-corrected chi connectivity index (χ3v) is 5.09. The Morgan fingerprint density at radius 3 is 2.68 bits per heavy atom. The van der Waals surface area contributed by atoms with E-state index in [4.69, 9.17) is 0 Å². The van der Waals surface area contributed by atoms with Crippen molar-refractivity contribution in [2.24, 2.45) is 0 Å². The summed E-state index contributed by atoms with van der Waals surface area (Å²) in [5.41, 5.74) is 1.28. The van der Waals surface area contributed by atoms with Gasteiger partial charge < -0.3 is 10.3 Å². The van der Waals surface area contributed by atoms with Gasteiger partial charge in [-0.05, 0) is 44.0 Å². The molecular weight excluding hydrogens is 283 g/mol. The summed E-state index contributed by atoms with van der Waals surface area (Å²) >= 11 is 0. The number of likely N-dealkylation sites (tertiary alicyclic amines) is 1. The molecule has 2 fully saturated rings. The molecule has 2 aliphatic rings. The molecule has 5 nitrogen and oxygen atoms in total. The Hall–Kier alpha value is -1.66. The summed E-state index contributed by atoms with van der Waals surface area (Å²) < 4.78 is 15.3. The first-order valence-corrected chi connectivity index (χ1v) is 8.07. The number of hydrogen-bond donors (Lipinski definition) is 2. The first kappa shape index (κ1) is 14.0. The summed E-state index contributed by atoms with van der Waals surface area (Å²) in [5.74, 6) is -0.297. The lowest BCUT2D eigenvalue weighted by molar-refractivity contribution is 0.143. The van der Waals surface area contributed by atoms with Crippen LogP contribution in [-0.4, -0.2) is 46.7 Å². The van der Waals surface area contributed by atoms with Crippen molar-refractivity contribution >= 4 is 11.0 Å². The number of fused-ring (bicyclic) bond motifs is 1. The van der Waals surface area contributed by atoms with Gasteiger partial charge in [0.1, 0.15) is 5.82 Å². The van der Waals surface area contributed by atoms with Crippen molar-refractivity contribution in [2.45, 2.75) is 31.3 Å². The van der Waals surface area contributed by atoms with Crippen molar-refractivity contribution < 1.29 is 4.39 Å². The van der Waals surface area contributed by atoms with Gasteiger partial charge in [-0.3, -0.25) is 9.47 Å². The lowest BCUT2D eigenvalue weighted by atomic mass is 10.0. The van der Waals surface area contributed by atoms with Gasteiger partial charge in [0.2, 0.25) is 0 Å². The summed E-state index contributed by atoms with van der Waals surface area (Å²) in [5, 5.41) is 3.40. The molecule has 0 saturated carbocycles. The lowest BCUT2D eigenvalue weighted by Gasteiger charge is -2.36. The standard InChI is InChI=1S/C16H21FN4O/c17-11-1-2-14-15(9-11)21(16(22)19-14)12-4-7-20(8-5-12)13-3-6-18-10-13/h1-2,9,12-13,18H,3-8,10H2,(H,19,22)/t13-/m1/s1. The fourth-order valence-electron chi connectivity index (χ4n) is 3.92. The number of aromatic nitrogens is 2. The van der Waals surface area contributed by atoms with Gasteiger partial charge in [0.25, 0.3) is 0 Å². The van der Waals surface area contributed by atoms with Crippen LogP contribution in [0, 0.1) is 5.82 Å². The number of nitrogens with one attached hydrogen (secondary N) is 2. The Bertz CT molecular complexity index is 723. The summed E-state index contributed by atoms with van der Waals surface area (Å²) in [6.07, 6.45) is 3.10. The maximum atomic E-state index is 13.5. The molecule has 3 heterocycles. The van der Waals surface area contributed by atoms with Crippen molar-refractivity contribution in [3.63, 3.8) is 0 Å². The number of rotatable bonds is 2. The van der Waals surface area contributed by atoms with Crippen LogP contribution in [0.15, 0.2) is 23.0 Å². The molecule has 1 aromatic carbocycles. The first-order valence-electron chi connectivity index (χ1n) is 8.07. The van der Waals surface area contributed by atoms with E-state index < -0.39 is 0 Å². The van der Waals surface area contributed by atoms with Gasteiger partial charge in [-0.15, -0.1) is 0 Å². The van der Waals surface area contributed by atoms with Crippen LogP contribution >= 0.6 is 0 Å². The van der Waals surface area contributed by atoms with Crippen LogP contribution in [0.2, 0.25) is 0 Å². The van der Waals surface area contributed by atoms with Gasteiger partial charge in [-0.2, -0.15) is 0 Å². The molecule has 2 N–H and O–H groups in total. The minimum atomic E-state index is -0.297. The zero-order valence-electron chi connectivity index (χ0n) is 12.5. The molecule has 1 atom stereocenters. The highest BCUT2D eigenvalue weighted by Crippen LogP contribution is 2.27. The summed E-state index contributed by atoms with van der Waals surface area (Å²) in [7, 11) is 0. The molecule has 2 aromatic rings. The van der Waals surface area contributed by atoms with Crippen LogP contribution in [0.3, 0.4) is 0 Å². The van der Waals surface area contributed by atoms with E-state index in [1.54, 1.807) is 10.6 Å². The molecule has 0 bridgehead atoms. The largest absolute Gasteiger partial charge is 0.326 e. The van der Waals surface area contributed by atoms with Crippen molar-refractivity contribution in [2.75, 3.05) is 26.2 Å². The van der Waals surface area contributed by atoms with Crippen LogP contribution in [0.4, 0.5) is 4.39 Å². The minimum absolute atomic E-state index is 0.124. The molecule has 0 spiro atoms. The predicted octanol–water partition coefficient (Wildman–Crippen LogP) is 1.47. The Balaban J connectivity index is 1.57. The number of aromatic amines is 1. The second-order valence-electron chi connectivity index (χ2n) is 6.38. The van der Waals surface area contributed by atoms with Crippen LogP contribution in [-0.2, 0) is 0 Å². The third kappa shape index (κ3) is 2.36. The Morgan fingerprint density at radius 2 is 1.95 bits per heavy atom. The van der Waals surface area contributed by atoms with Crippen LogP contribution in [0.5, 0.6) is 0 Å². The van der Waals surface area contributed by atoms with Crippen LogP contribution in [0.1, 0.15) is 25.3 Å². The van der Waals surface area contributed by atoms with Gasteiger partial charge in [0.05, 0.1) is 11.0 Å². The number of piperidine rings is 1.